The summed E-state index contributed by atoms with van der Waals surface area (Å²) in [6.07, 6.45) is 5.16. The maximum absolute atomic E-state index is 13.3. The van der Waals surface area contributed by atoms with Gasteiger partial charge in [-0.15, -0.1) is 0 Å². The third-order valence-corrected chi connectivity index (χ3v) is 8.47. The van der Waals surface area contributed by atoms with Gasteiger partial charge >= 0.3 is 0 Å². The number of aromatic nitrogens is 1. The molecule has 5 rings (SSSR count). The summed E-state index contributed by atoms with van der Waals surface area (Å²) in [7, 11) is 0. The fraction of sp³-hybridized carbons (Fsp3) is 0.455. The van der Waals surface area contributed by atoms with Gasteiger partial charge in [-0.3, -0.25) is 9.69 Å². The number of benzene rings is 2. The van der Waals surface area contributed by atoms with Crippen LogP contribution in [0.5, 0.6) is 0 Å². The Labute approximate surface area is 238 Å². The van der Waals surface area contributed by atoms with Crippen LogP contribution in [-0.4, -0.2) is 54.1 Å². The van der Waals surface area contributed by atoms with Crippen molar-refractivity contribution in [2.24, 2.45) is 5.92 Å². The minimum Gasteiger partial charge on any atom is -0.383 e. The molecule has 3 heterocycles. The van der Waals surface area contributed by atoms with Gasteiger partial charge in [-0.2, -0.15) is 0 Å². The second-order valence-electron chi connectivity index (χ2n) is 11.5. The van der Waals surface area contributed by atoms with E-state index in [1.54, 1.807) is 6.20 Å². The van der Waals surface area contributed by atoms with Crippen LogP contribution in [0.2, 0.25) is 0 Å². The standard InChI is InChI=1S/C33H43N5O2/c1-4-26-15-25(6-5-23(26)3)21-40-31-19-35-18-30(31)37-33(39)29-16-28(17-36-32(29)34)27-9-7-24(8-10-27)20-38-13-11-22(2)12-14-38/h5-10,15-17,22,30-31,35H,4,11-14,18-21H2,1-3H3,(H2,34,36)(H,37,39)/t30-,31-/m0/s1. The number of pyridine rings is 1. The number of nitrogens with two attached hydrogens (primary N) is 1. The molecule has 2 atom stereocenters. The zero-order valence-corrected chi connectivity index (χ0v) is 24.1. The quantitative estimate of drug-likeness (QED) is 0.363. The van der Waals surface area contributed by atoms with E-state index in [1.807, 2.05) is 6.07 Å². The Morgan fingerprint density at radius 3 is 2.58 bits per heavy atom. The molecule has 212 valence electrons. The van der Waals surface area contributed by atoms with Gasteiger partial charge in [-0.1, -0.05) is 56.3 Å². The van der Waals surface area contributed by atoms with Gasteiger partial charge in [0.05, 0.1) is 24.3 Å². The van der Waals surface area contributed by atoms with Gasteiger partial charge in [0.25, 0.3) is 5.91 Å². The van der Waals surface area contributed by atoms with Gasteiger partial charge < -0.3 is 21.1 Å². The maximum atomic E-state index is 13.3. The number of nitrogens with one attached hydrogen (secondary N) is 2. The molecule has 7 nitrogen and oxygen atoms in total. The lowest BCUT2D eigenvalue weighted by Crippen LogP contribution is -2.44. The molecule has 2 aromatic carbocycles. The Hall–Kier alpha value is -3.26. The van der Waals surface area contributed by atoms with E-state index in [0.29, 0.717) is 25.3 Å². The SMILES string of the molecule is CCc1cc(CO[C@H]2CNC[C@@H]2NC(=O)c2cc(-c3ccc(CN4CCC(C)CC4)cc3)cnc2N)ccc1C. The van der Waals surface area contributed by atoms with Crippen LogP contribution >= 0.6 is 0 Å². The number of rotatable bonds is 9. The van der Waals surface area contributed by atoms with E-state index in [4.69, 9.17) is 10.5 Å². The number of ether oxygens (including phenoxy) is 1. The fourth-order valence-corrected chi connectivity index (χ4v) is 5.71. The summed E-state index contributed by atoms with van der Waals surface area (Å²) in [4.78, 5) is 20.2. The van der Waals surface area contributed by atoms with Crippen molar-refractivity contribution in [1.82, 2.24) is 20.5 Å². The number of nitrogens with zero attached hydrogens (tertiary/aromatic N) is 2. The van der Waals surface area contributed by atoms with E-state index in [0.717, 1.165) is 48.7 Å². The summed E-state index contributed by atoms with van der Waals surface area (Å²) in [6, 6.07) is 16.7. The lowest BCUT2D eigenvalue weighted by Gasteiger charge is -2.30. The van der Waals surface area contributed by atoms with Crippen molar-refractivity contribution >= 4 is 11.7 Å². The number of carbonyl (C=O) groups is 1. The Morgan fingerprint density at radius 1 is 1.07 bits per heavy atom. The molecular weight excluding hydrogens is 498 g/mol. The second kappa shape index (κ2) is 12.9. The molecule has 0 unspecified atom stereocenters. The smallest absolute Gasteiger partial charge is 0.255 e. The number of hydrogen-bond donors (Lipinski definition) is 3. The minimum absolute atomic E-state index is 0.122. The monoisotopic (exact) mass is 541 g/mol. The van der Waals surface area contributed by atoms with Crippen molar-refractivity contribution < 1.29 is 9.53 Å². The summed E-state index contributed by atoms with van der Waals surface area (Å²) in [5.41, 5.74) is 13.5. The van der Waals surface area contributed by atoms with Gasteiger partial charge in [0, 0.05) is 31.4 Å². The van der Waals surface area contributed by atoms with E-state index in [-0.39, 0.29) is 23.9 Å². The van der Waals surface area contributed by atoms with Crippen LogP contribution in [0.4, 0.5) is 5.82 Å². The Kier molecular flexibility index (Phi) is 9.15. The van der Waals surface area contributed by atoms with Gasteiger partial charge in [0.2, 0.25) is 0 Å². The van der Waals surface area contributed by atoms with Crippen LogP contribution in [0.25, 0.3) is 11.1 Å². The van der Waals surface area contributed by atoms with Crippen molar-refractivity contribution in [2.75, 3.05) is 31.9 Å². The highest BCUT2D eigenvalue weighted by atomic mass is 16.5. The summed E-state index contributed by atoms with van der Waals surface area (Å²) >= 11 is 0. The largest absolute Gasteiger partial charge is 0.383 e. The third-order valence-electron chi connectivity index (χ3n) is 8.47. The first-order valence-electron chi connectivity index (χ1n) is 14.7. The number of amides is 1. The highest BCUT2D eigenvalue weighted by Crippen LogP contribution is 2.24. The zero-order valence-electron chi connectivity index (χ0n) is 24.1. The first kappa shape index (κ1) is 28.3. The van der Waals surface area contributed by atoms with Crippen molar-refractivity contribution in [3.05, 3.63) is 82.5 Å². The lowest BCUT2D eigenvalue weighted by molar-refractivity contribution is 0.0357. The summed E-state index contributed by atoms with van der Waals surface area (Å²) in [5.74, 6) is 0.834. The molecule has 0 spiro atoms. The zero-order chi connectivity index (χ0) is 28.1. The van der Waals surface area contributed by atoms with E-state index in [2.05, 4.69) is 83.8 Å². The molecule has 2 saturated heterocycles. The van der Waals surface area contributed by atoms with Crippen LogP contribution in [-0.2, 0) is 24.3 Å². The molecule has 2 fully saturated rings. The van der Waals surface area contributed by atoms with Crippen LogP contribution in [0.1, 0.15) is 59.3 Å². The molecule has 1 aromatic heterocycles. The highest BCUT2D eigenvalue weighted by Gasteiger charge is 2.30. The van der Waals surface area contributed by atoms with Crippen molar-refractivity contribution in [1.29, 1.82) is 0 Å². The molecule has 0 aliphatic carbocycles. The number of aryl methyl sites for hydroxylation is 2. The first-order valence-corrected chi connectivity index (χ1v) is 14.7. The predicted octanol–water partition coefficient (Wildman–Crippen LogP) is 4.72. The van der Waals surface area contributed by atoms with Crippen LogP contribution in [0.15, 0.2) is 54.7 Å². The topological polar surface area (TPSA) is 92.5 Å². The van der Waals surface area contributed by atoms with Gasteiger partial charge in [-0.25, -0.2) is 4.98 Å². The Balaban J connectivity index is 1.21. The van der Waals surface area contributed by atoms with Crippen LogP contribution in [0, 0.1) is 12.8 Å². The molecular formula is C33H43N5O2. The third kappa shape index (κ3) is 6.89. The van der Waals surface area contributed by atoms with Gasteiger partial charge in [0.1, 0.15) is 5.82 Å². The van der Waals surface area contributed by atoms with Crippen molar-refractivity contribution in [3.63, 3.8) is 0 Å². The number of hydrogen-bond acceptors (Lipinski definition) is 6. The summed E-state index contributed by atoms with van der Waals surface area (Å²) < 4.78 is 6.24. The molecule has 3 aromatic rings. The molecule has 7 heteroatoms. The molecule has 4 N–H and O–H groups in total. The Morgan fingerprint density at radius 2 is 1.82 bits per heavy atom. The predicted molar refractivity (Wildman–Crippen MR) is 161 cm³/mol. The van der Waals surface area contributed by atoms with Crippen molar-refractivity contribution in [2.45, 2.75) is 65.3 Å². The van der Waals surface area contributed by atoms with E-state index in [9.17, 15) is 4.79 Å². The number of carbonyl (C=O) groups excluding carboxylic acids is 1. The molecule has 0 radical (unpaired) electrons. The van der Waals surface area contributed by atoms with Gasteiger partial charge in [0.15, 0.2) is 0 Å². The number of likely N-dealkylation sites (tertiary alicyclic amines) is 1. The highest BCUT2D eigenvalue weighted by molar-refractivity contribution is 5.99. The number of nitrogen functional groups attached to an aromatic ring is 1. The molecule has 0 bridgehead atoms. The molecule has 40 heavy (non-hydrogen) atoms. The van der Waals surface area contributed by atoms with Crippen LogP contribution < -0.4 is 16.4 Å². The van der Waals surface area contributed by atoms with Gasteiger partial charge in [-0.05, 0) is 79.1 Å². The average molecular weight is 542 g/mol. The van der Waals surface area contributed by atoms with E-state index < -0.39 is 0 Å². The Bertz CT molecular complexity index is 1300. The van der Waals surface area contributed by atoms with E-state index in [1.165, 1.54) is 29.5 Å². The maximum Gasteiger partial charge on any atom is 0.255 e. The molecule has 2 aliphatic rings. The number of anilines is 1. The average Bonchev–Trinajstić information content (AvgIpc) is 3.41. The number of piperidine rings is 1. The first-order chi connectivity index (χ1) is 19.4. The molecule has 2 aliphatic heterocycles. The molecule has 1 amide bonds. The normalized spacial score (nSPS) is 20.1. The van der Waals surface area contributed by atoms with Crippen molar-refractivity contribution in [3.8, 4) is 11.1 Å². The van der Waals surface area contributed by atoms with Crippen LogP contribution in [0.3, 0.4) is 0 Å². The minimum atomic E-state index is -0.228. The summed E-state index contributed by atoms with van der Waals surface area (Å²) in [5, 5.41) is 6.48. The molecule has 0 saturated carbocycles. The fourth-order valence-electron chi connectivity index (χ4n) is 5.71. The van der Waals surface area contributed by atoms with E-state index >= 15 is 0 Å². The lowest BCUT2D eigenvalue weighted by atomic mass is 9.98. The second-order valence-corrected chi connectivity index (χ2v) is 11.5. The summed E-state index contributed by atoms with van der Waals surface area (Å²) in [6.45, 7) is 11.8.